The summed E-state index contributed by atoms with van der Waals surface area (Å²) in [5.41, 5.74) is 6.09. The second kappa shape index (κ2) is 9.50. The van der Waals surface area contributed by atoms with Gasteiger partial charge in [-0.1, -0.05) is 30.3 Å². The molecule has 7 nitrogen and oxygen atoms in total. The molecule has 3 aromatic rings. The number of hydrazine groups is 1. The second-order valence-electron chi connectivity index (χ2n) is 6.36. The van der Waals surface area contributed by atoms with Crippen molar-refractivity contribution in [3.05, 3.63) is 71.7 Å². The molecular formula is C21H20FN3O4. The molecule has 3 N–H and O–H groups in total. The lowest BCUT2D eigenvalue weighted by atomic mass is 10.1. The van der Waals surface area contributed by atoms with Crippen LogP contribution in [0.3, 0.4) is 0 Å². The first-order valence-corrected chi connectivity index (χ1v) is 9.09. The fourth-order valence-corrected chi connectivity index (χ4v) is 2.86. The number of esters is 1. The molecule has 0 saturated heterocycles. The van der Waals surface area contributed by atoms with E-state index < -0.39 is 30.2 Å². The number of H-pyrrole nitrogens is 1. The van der Waals surface area contributed by atoms with E-state index in [4.69, 9.17) is 4.74 Å². The summed E-state index contributed by atoms with van der Waals surface area (Å²) in [7, 11) is 0. The lowest BCUT2D eigenvalue weighted by molar-refractivity contribution is -0.148. The Morgan fingerprint density at radius 1 is 1.00 bits per heavy atom. The number of para-hydroxylation sites is 1. The van der Waals surface area contributed by atoms with E-state index >= 15 is 0 Å². The maximum atomic E-state index is 13.5. The number of nitrogens with one attached hydrogen (secondary N) is 3. The molecule has 0 bridgehead atoms. The number of rotatable bonds is 7. The van der Waals surface area contributed by atoms with Crippen LogP contribution in [0.4, 0.5) is 4.39 Å². The average Bonchev–Trinajstić information content (AvgIpc) is 3.14. The van der Waals surface area contributed by atoms with Gasteiger partial charge in [-0.25, -0.2) is 4.39 Å². The van der Waals surface area contributed by atoms with Crippen molar-refractivity contribution in [2.24, 2.45) is 0 Å². The van der Waals surface area contributed by atoms with E-state index in [1.165, 1.54) is 18.2 Å². The summed E-state index contributed by atoms with van der Waals surface area (Å²) in [6, 6.07) is 13.3. The molecule has 0 fully saturated rings. The first-order valence-electron chi connectivity index (χ1n) is 9.09. The molecule has 0 spiro atoms. The van der Waals surface area contributed by atoms with Crippen LogP contribution in [-0.4, -0.2) is 29.4 Å². The summed E-state index contributed by atoms with van der Waals surface area (Å²) in [6.45, 7) is -0.538. The molecule has 0 atom stereocenters. The minimum atomic E-state index is -0.804. The van der Waals surface area contributed by atoms with Crippen molar-refractivity contribution >= 4 is 28.7 Å². The van der Waals surface area contributed by atoms with Crippen molar-refractivity contribution in [2.45, 2.75) is 19.3 Å². The van der Waals surface area contributed by atoms with Gasteiger partial charge in [-0.2, -0.15) is 0 Å². The van der Waals surface area contributed by atoms with Crippen LogP contribution in [-0.2, 0) is 20.7 Å². The van der Waals surface area contributed by atoms with E-state index in [2.05, 4.69) is 15.8 Å². The fraction of sp³-hybridized carbons (Fsp3) is 0.190. The molecule has 2 amide bonds. The van der Waals surface area contributed by atoms with Crippen LogP contribution in [0.15, 0.2) is 54.7 Å². The fourth-order valence-electron chi connectivity index (χ4n) is 2.86. The molecule has 8 heteroatoms. The van der Waals surface area contributed by atoms with Gasteiger partial charge in [0.1, 0.15) is 5.82 Å². The Kier molecular flexibility index (Phi) is 6.57. The Morgan fingerprint density at radius 2 is 1.76 bits per heavy atom. The highest BCUT2D eigenvalue weighted by Gasteiger charge is 2.13. The quantitative estimate of drug-likeness (QED) is 0.421. The normalized spacial score (nSPS) is 10.5. The number of carbonyl (C=O) groups is 3. The summed E-state index contributed by atoms with van der Waals surface area (Å²) in [5.74, 6) is -2.75. The summed E-state index contributed by atoms with van der Waals surface area (Å²) < 4.78 is 18.4. The number of benzene rings is 2. The van der Waals surface area contributed by atoms with Gasteiger partial charge in [-0.05, 0) is 36.6 Å². The van der Waals surface area contributed by atoms with Crippen molar-refractivity contribution in [1.82, 2.24) is 15.8 Å². The molecular weight excluding hydrogens is 377 g/mol. The maximum Gasteiger partial charge on any atom is 0.306 e. The van der Waals surface area contributed by atoms with Crippen LogP contribution in [0.25, 0.3) is 10.9 Å². The molecule has 0 unspecified atom stereocenters. The predicted molar refractivity (Wildman–Crippen MR) is 104 cm³/mol. The van der Waals surface area contributed by atoms with E-state index in [1.807, 2.05) is 30.5 Å². The van der Waals surface area contributed by atoms with Gasteiger partial charge < -0.3 is 9.72 Å². The summed E-state index contributed by atoms with van der Waals surface area (Å²) in [4.78, 5) is 38.4. The van der Waals surface area contributed by atoms with Gasteiger partial charge in [0.15, 0.2) is 6.61 Å². The number of fused-ring (bicyclic) bond motifs is 1. The monoisotopic (exact) mass is 397 g/mol. The van der Waals surface area contributed by atoms with E-state index in [9.17, 15) is 18.8 Å². The predicted octanol–water partition coefficient (Wildman–Crippen LogP) is 2.63. The Labute approximate surface area is 166 Å². The number of ether oxygens (including phenoxy) is 1. The highest BCUT2D eigenvalue weighted by molar-refractivity contribution is 5.95. The number of halogens is 1. The molecule has 0 saturated carbocycles. The maximum absolute atomic E-state index is 13.5. The molecule has 150 valence electrons. The number of aromatic amines is 1. The lowest BCUT2D eigenvalue weighted by Gasteiger charge is -2.08. The zero-order chi connectivity index (χ0) is 20.6. The molecule has 0 aliphatic carbocycles. The zero-order valence-electron chi connectivity index (χ0n) is 15.5. The van der Waals surface area contributed by atoms with Crippen molar-refractivity contribution in [1.29, 1.82) is 0 Å². The van der Waals surface area contributed by atoms with Crippen LogP contribution in [0.2, 0.25) is 0 Å². The highest BCUT2D eigenvalue weighted by atomic mass is 19.1. The van der Waals surface area contributed by atoms with Gasteiger partial charge in [0.25, 0.3) is 11.8 Å². The van der Waals surface area contributed by atoms with Crippen molar-refractivity contribution < 1.29 is 23.5 Å². The number of aromatic nitrogens is 1. The van der Waals surface area contributed by atoms with Crippen LogP contribution < -0.4 is 10.9 Å². The summed E-state index contributed by atoms with van der Waals surface area (Å²) in [5, 5.41) is 1.12. The van der Waals surface area contributed by atoms with Crippen LogP contribution in [0.1, 0.15) is 28.8 Å². The Hall–Kier alpha value is -3.68. The third-order valence-electron chi connectivity index (χ3n) is 4.30. The standard InChI is InChI=1S/C21H20FN3O4/c22-17-9-3-1-8-16(17)21(28)25-24-19(26)13-29-20(27)11-5-6-14-12-23-18-10-4-2-7-15(14)18/h1-4,7-10,12,23H,5-6,11,13H2,(H,24,26)(H,25,28). The lowest BCUT2D eigenvalue weighted by Crippen LogP contribution is -2.43. The number of carbonyl (C=O) groups excluding carboxylic acids is 3. The molecule has 3 rings (SSSR count). The van der Waals surface area contributed by atoms with E-state index in [0.717, 1.165) is 22.5 Å². The Balaban J connectivity index is 1.35. The number of amides is 2. The Morgan fingerprint density at radius 3 is 2.59 bits per heavy atom. The highest BCUT2D eigenvalue weighted by Crippen LogP contribution is 2.19. The Bertz CT molecular complexity index is 1030. The van der Waals surface area contributed by atoms with Gasteiger partial charge >= 0.3 is 5.97 Å². The number of hydrogen-bond donors (Lipinski definition) is 3. The first-order chi connectivity index (χ1) is 14.0. The topological polar surface area (TPSA) is 100 Å². The molecule has 0 radical (unpaired) electrons. The first kappa shape index (κ1) is 20.1. The molecule has 0 aliphatic rings. The summed E-state index contributed by atoms with van der Waals surface area (Å²) in [6.07, 6.45) is 3.35. The van der Waals surface area contributed by atoms with E-state index in [-0.39, 0.29) is 12.0 Å². The van der Waals surface area contributed by atoms with Gasteiger partial charge in [-0.3, -0.25) is 25.2 Å². The smallest absolute Gasteiger partial charge is 0.306 e. The number of hydrogen-bond acceptors (Lipinski definition) is 4. The van der Waals surface area contributed by atoms with Crippen LogP contribution >= 0.6 is 0 Å². The van der Waals surface area contributed by atoms with Crippen molar-refractivity contribution in [3.63, 3.8) is 0 Å². The van der Waals surface area contributed by atoms with Crippen molar-refractivity contribution in [2.75, 3.05) is 6.61 Å². The van der Waals surface area contributed by atoms with Gasteiger partial charge in [0.2, 0.25) is 0 Å². The largest absolute Gasteiger partial charge is 0.455 e. The third kappa shape index (κ3) is 5.41. The average molecular weight is 397 g/mol. The SMILES string of the molecule is O=C(COC(=O)CCCc1c[nH]c2ccccc12)NNC(=O)c1ccccc1F. The van der Waals surface area contributed by atoms with Gasteiger partial charge in [0, 0.05) is 23.5 Å². The number of aryl methyl sites for hydroxylation is 1. The second-order valence-corrected chi connectivity index (χ2v) is 6.36. The zero-order valence-corrected chi connectivity index (χ0v) is 15.5. The van der Waals surface area contributed by atoms with Crippen LogP contribution in [0.5, 0.6) is 0 Å². The van der Waals surface area contributed by atoms with Crippen LogP contribution in [0, 0.1) is 5.82 Å². The van der Waals surface area contributed by atoms with Gasteiger partial charge in [0.05, 0.1) is 5.56 Å². The van der Waals surface area contributed by atoms with E-state index in [0.29, 0.717) is 12.8 Å². The molecule has 1 aromatic heterocycles. The molecule has 29 heavy (non-hydrogen) atoms. The minimum Gasteiger partial charge on any atom is -0.455 e. The molecule has 1 heterocycles. The third-order valence-corrected chi connectivity index (χ3v) is 4.30. The summed E-state index contributed by atoms with van der Waals surface area (Å²) >= 11 is 0. The molecule has 0 aliphatic heterocycles. The van der Waals surface area contributed by atoms with E-state index in [1.54, 1.807) is 0 Å². The minimum absolute atomic E-state index is 0.161. The van der Waals surface area contributed by atoms with Gasteiger partial charge in [-0.15, -0.1) is 0 Å². The molecule has 2 aromatic carbocycles. The van der Waals surface area contributed by atoms with Crippen molar-refractivity contribution in [3.8, 4) is 0 Å².